The average molecular weight is 244 g/mol. The standard InChI is InChI=1S/C12H8N2O4/c15-11(16)8-2-1-3-9(6-8)12(17)18-10-7-13-4-5-14-10/h1-7H,(H,15,16). The summed E-state index contributed by atoms with van der Waals surface area (Å²) in [5.41, 5.74) is 0.157. The average Bonchev–Trinajstić information content (AvgIpc) is 2.40. The van der Waals surface area contributed by atoms with Crippen LogP contribution in [-0.4, -0.2) is 27.0 Å². The lowest BCUT2D eigenvalue weighted by Crippen LogP contribution is -2.10. The van der Waals surface area contributed by atoms with Crippen LogP contribution < -0.4 is 4.74 Å². The molecule has 0 saturated heterocycles. The fraction of sp³-hybridized carbons (Fsp3) is 0. The molecule has 0 fully saturated rings. The minimum atomic E-state index is -1.11. The molecule has 0 bridgehead atoms. The highest BCUT2D eigenvalue weighted by molar-refractivity contribution is 5.95. The zero-order valence-corrected chi connectivity index (χ0v) is 9.11. The third kappa shape index (κ3) is 2.67. The molecule has 18 heavy (non-hydrogen) atoms. The van der Waals surface area contributed by atoms with Crippen LogP contribution in [0.3, 0.4) is 0 Å². The zero-order chi connectivity index (χ0) is 13.0. The van der Waals surface area contributed by atoms with E-state index in [-0.39, 0.29) is 17.0 Å². The number of nitrogens with zero attached hydrogens (tertiary/aromatic N) is 2. The molecule has 0 aliphatic carbocycles. The normalized spacial score (nSPS) is 9.78. The van der Waals surface area contributed by atoms with E-state index < -0.39 is 11.9 Å². The molecule has 0 spiro atoms. The first-order chi connectivity index (χ1) is 8.66. The SMILES string of the molecule is O=C(O)c1cccc(C(=O)Oc2cnccn2)c1. The van der Waals surface area contributed by atoms with Gasteiger partial charge in [0.05, 0.1) is 17.3 Å². The van der Waals surface area contributed by atoms with Crippen molar-refractivity contribution in [2.75, 3.05) is 0 Å². The monoisotopic (exact) mass is 244 g/mol. The maximum absolute atomic E-state index is 11.7. The fourth-order valence-corrected chi connectivity index (χ4v) is 1.27. The first-order valence-electron chi connectivity index (χ1n) is 4.98. The molecule has 0 aliphatic heterocycles. The molecule has 0 atom stereocenters. The van der Waals surface area contributed by atoms with Crippen LogP contribution in [0.25, 0.3) is 0 Å². The van der Waals surface area contributed by atoms with Crippen LogP contribution >= 0.6 is 0 Å². The topological polar surface area (TPSA) is 89.4 Å². The van der Waals surface area contributed by atoms with Crippen molar-refractivity contribution in [3.05, 3.63) is 54.0 Å². The second-order valence-corrected chi connectivity index (χ2v) is 3.32. The molecule has 1 aromatic carbocycles. The molecule has 1 aromatic heterocycles. The van der Waals surface area contributed by atoms with Crippen molar-refractivity contribution in [2.45, 2.75) is 0 Å². The molecule has 0 aliphatic rings. The van der Waals surface area contributed by atoms with E-state index in [1.54, 1.807) is 0 Å². The first-order valence-corrected chi connectivity index (χ1v) is 4.98. The lowest BCUT2D eigenvalue weighted by Gasteiger charge is -2.03. The summed E-state index contributed by atoms with van der Waals surface area (Å²) in [4.78, 5) is 30.0. The van der Waals surface area contributed by atoms with Crippen molar-refractivity contribution < 1.29 is 19.4 Å². The summed E-state index contributed by atoms with van der Waals surface area (Å²) in [6.07, 6.45) is 4.12. The smallest absolute Gasteiger partial charge is 0.344 e. The van der Waals surface area contributed by atoms with Crippen LogP contribution in [0.1, 0.15) is 20.7 Å². The summed E-state index contributed by atoms with van der Waals surface area (Å²) >= 11 is 0. The summed E-state index contributed by atoms with van der Waals surface area (Å²) in [7, 11) is 0. The molecule has 0 amide bonds. The van der Waals surface area contributed by atoms with Gasteiger partial charge in [0.15, 0.2) is 0 Å². The number of aromatic nitrogens is 2. The number of hydrogen-bond acceptors (Lipinski definition) is 5. The number of carboxylic acids is 1. The van der Waals surface area contributed by atoms with E-state index in [0.717, 1.165) is 0 Å². The lowest BCUT2D eigenvalue weighted by molar-refractivity contribution is 0.0697. The van der Waals surface area contributed by atoms with Crippen molar-refractivity contribution in [3.8, 4) is 5.88 Å². The molecule has 0 radical (unpaired) electrons. The van der Waals surface area contributed by atoms with Gasteiger partial charge in [-0.15, -0.1) is 0 Å². The number of ether oxygens (including phenoxy) is 1. The van der Waals surface area contributed by atoms with Gasteiger partial charge in [0.25, 0.3) is 0 Å². The molecule has 2 rings (SSSR count). The van der Waals surface area contributed by atoms with Gasteiger partial charge < -0.3 is 9.84 Å². The van der Waals surface area contributed by atoms with Crippen LogP contribution in [0.2, 0.25) is 0 Å². The van der Waals surface area contributed by atoms with E-state index in [1.807, 2.05) is 0 Å². The maximum Gasteiger partial charge on any atom is 0.344 e. The highest BCUT2D eigenvalue weighted by Gasteiger charge is 2.12. The zero-order valence-electron chi connectivity index (χ0n) is 9.11. The Hall–Kier alpha value is -2.76. The van der Waals surface area contributed by atoms with Crippen molar-refractivity contribution in [3.63, 3.8) is 0 Å². The van der Waals surface area contributed by atoms with Crippen LogP contribution in [0, 0.1) is 0 Å². The van der Waals surface area contributed by atoms with Gasteiger partial charge in [-0.05, 0) is 18.2 Å². The summed E-state index contributed by atoms with van der Waals surface area (Å²) in [5.74, 6) is -1.73. The highest BCUT2D eigenvalue weighted by atomic mass is 16.5. The van der Waals surface area contributed by atoms with Gasteiger partial charge in [-0.1, -0.05) is 6.07 Å². The lowest BCUT2D eigenvalue weighted by atomic mass is 10.1. The Morgan fingerprint density at radius 2 is 1.94 bits per heavy atom. The number of hydrogen-bond donors (Lipinski definition) is 1. The van der Waals surface area contributed by atoms with E-state index >= 15 is 0 Å². The Bertz CT molecular complexity index is 584. The molecular weight excluding hydrogens is 236 g/mol. The predicted octanol–water partition coefficient (Wildman–Crippen LogP) is 1.39. The van der Waals surface area contributed by atoms with E-state index in [2.05, 4.69) is 9.97 Å². The van der Waals surface area contributed by atoms with Gasteiger partial charge in [-0.3, -0.25) is 4.98 Å². The molecule has 6 nitrogen and oxygen atoms in total. The number of aromatic carboxylic acids is 1. The van der Waals surface area contributed by atoms with Gasteiger partial charge in [0, 0.05) is 12.4 Å². The molecule has 0 unspecified atom stereocenters. The number of carboxylic acid groups (broad SMARTS) is 1. The van der Waals surface area contributed by atoms with Gasteiger partial charge >= 0.3 is 11.9 Å². The molecule has 2 aromatic rings. The Balaban J connectivity index is 2.19. The minimum Gasteiger partial charge on any atom is -0.478 e. The second kappa shape index (κ2) is 5.05. The van der Waals surface area contributed by atoms with Gasteiger partial charge in [-0.2, -0.15) is 0 Å². The number of carbonyl (C=O) groups is 2. The molecule has 90 valence electrons. The Labute approximate surface area is 102 Å². The fourth-order valence-electron chi connectivity index (χ4n) is 1.27. The molecular formula is C12H8N2O4. The van der Waals surface area contributed by atoms with E-state index in [4.69, 9.17) is 9.84 Å². The summed E-state index contributed by atoms with van der Waals surface area (Å²) in [6, 6.07) is 5.56. The summed E-state index contributed by atoms with van der Waals surface area (Å²) in [6.45, 7) is 0. The van der Waals surface area contributed by atoms with Crippen LogP contribution in [0.15, 0.2) is 42.9 Å². The largest absolute Gasteiger partial charge is 0.478 e. The summed E-state index contributed by atoms with van der Waals surface area (Å²) < 4.78 is 4.93. The quantitative estimate of drug-likeness (QED) is 0.820. The van der Waals surface area contributed by atoms with Crippen LogP contribution in [-0.2, 0) is 0 Å². The number of esters is 1. The third-order valence-corrected chi connectivity index (χ3v) is 2.08. The van der Waals surface area contributed by atoms with Gasteiger partial charge in [0.1, 0.15) is 0 Å². The van der Waals surface area contributed by atoms with Crippen molar-refractivity contribution >= 4 is 11.9 Å². The number of benzene rings is 1. The Morgan fingerprint density at radius 1 is 1.17 bits per heavy atom. The Morgan fingerprint density at radius 3 is 2.61 bits per heavy atom. The van der Waals surface area contributed by atoms with Crippen molar-refractivity contribution in [1.82, 2.24) is 9.97 Å². The minimum absolute atomic E-state index is 0.0172. The molecule has 0 saturated carbocycles. The summed E-state index contributed by atoms with van der Waals surface area (Å²) in [5, 5.41) is 8.81. The van der Waals surface area contributed by atoms with Gasteiger partial charge in [0.2, 0.25) is 5.88 Å². The Kier molecular flexibility index (Phi) is 3.29. The maximum atomic E-state index is 11.7. The predicted molar refractivity (Wildman–Crippen MR) is 60.4 cm³/mol. The number of rotatable bonds is 3. The van der Waals surface area contributed by atoms with Crippen molar-refractivity contribution in [2.24, 2.45) is 0 Å². The van der Waals surface area contributed by atoms with Gasteiger partial charge in [-0.25, -0.2) is 14.6 Å². The van der Waals surface area contributed by atoms with E-state index in [1.165, 1.54) is 42.9 Å². The highest BCUT2D eigenvalue weighted by Crippen LogP contribution is 2.09. The van der Waals surface area contributed by atoms with Crippen molar-refractivity contribution in [1.29, 1.82) is 0 Å². The first kappa shape index (κ1) is 11.7. The molecule has 1 N–H and O–H groups in total. The van der Waals surface area contributed by atoms with Crippen LogP contribution in [0.5, 0.6) is 5.88 Å². The molecule has 1 heterocycles. The van der Waals surface area contributed by atoms with E-state index in [0.29, 0.717) is 0 Å². The van der Waals surface area contributed by atoms with E-state index in [9.17, 15) is 9.59 Å². The third-order valence-electron chi connectivity index (χ3n) is 2.08. The van der Waals surface area contributed by atoms with Crippen LogP contribution in [0.4, 0.5) is 0 Å². The second-order valence-electron chi connectivity index (χ2n) is 3.32. The number of carbonyl (C=O) groups excluding carboxylic acids is 1. The molecule has 6 heteroatoms.